The van der Waals surface area contributed by atoms with E-state index >= 15 is 0 Å². The van der Waals surface area contributed by atoms with Crippen molar-refractivity contribution in [1.82, 2.24) is 4.90 Å². The van der Waals surface area contributed by atoms with Crippen LogP contribution in [-0.2, 0) is 4.74 Å². The molecule has 3 heteroatoms. The minimum Gasteiger partial charge on any atom is -1.00 e. The molecule has 0 aromatic heterocycles. The van der Waals surface area contributed by atoms with Crippen LogP contribution >= 0.6 is 0 Å². The van der Waals surface area contributed by atoms with E-state index in [9.17, 15) is 0 Å². The van der Waals surface area contributed by atoms with Gasteiger partial charge in [-0.25, -0.2) is 0 Å². The SMILES string of the molecule is CN1C=COC1.[H-].[Na+]. The molecular formula is C4H8NNaO. The summed E-state index contributed by atoms with van der Waals surface area (Å²) in [7, 11) is 1.96. The molecule has 2 nitrogen and oxygen atoms in total. The smallest absolute Gasteiger partial charge is 1.00 e. The fraction of sp³-hybridized carbons (Fsp3) is 0.500. The van der Waals surface area contributed by atoms with Crippen LogP contribution in [0.2, 0.25) is 0 Å². The molecule has 0 atom stereocenters. The van der Waals surface area contributed by atoms with Gasteiger partial charge in [0.05, 0.1) is 0 Å². The zero-order valence-corrected chi connectivity index (χ0v) is 6.72. The molecular weight excluding hydrogens is 101 g/mol. The van der Waals surface area contributed by atoms with E-state index in [0.717, 1.165) is 0 Å². The van der Waals surface area contributed by atoms with Crippen LogP contribution in [-0.4, -0.2) is 18.7 Å². The molecule has 0 N–H and O–H groups in total. The van der Waals surface area contributed by atoms with E-state index in [4.69, 9.17) is 4.74 Å². The van der Waals surface area contributed by atoms with E-state index in [0.29, 0.717) is 6.73 Å². The second kappa shape index (κ2) is 3.36. The standard InChI is InChI=1S/C4H7NO.Na.H/c1-5-2-3-6-4-5;;/h2-3H,4H2,1H3;;/q;+1;-1. The van der Waals surface area contributed by atoms with Gasteiger partial charge in [-0.2, -0.15) is 0 Å². The number of rotatable bonds is 0. The first kappa shape index (κ1) is 7.34. The third kappa shape index (κ3) is 2.22. The van der Waals surface area contributed by atoms with E-state index in [1.165, 1.54) is 0 Å². The van der Waals surface area contributed by atoms with Crippen LogP contribution < -0.4 is 29.6 Å². The average molecular weight is 109 g/mol. The maximum absolute atomic E-state index is 4.80. The van der Waals surface area contributed by atoms with Crippen molar-refractivity contribution in [3.63, 3.8) is 0 Å². The average Bonchev–Trinajstić information content (AvgIpc) is 1.86. The largest absolute Gasteiger partial charge is 1.00 e. The summed E-state index contributed by atoms with van der Waals surface area (Å²) in [5.74, 6) is 0. The summed E-state index contributed by atoms with van der Waals surface area (Å²) in [6.45, 7) is 0.708. The molecule has 0 radical (unpaired) electrons. The Morgan fingerprint density at radius 2 is 2.57 bits per heavy atom. The third-order valence-electron chi connectivity index (χ3n) is 0.690. The summed E-state index contributed by atoms with van der Waals surface area (Å²) in [5, 5.41) is 0. The van der Waals surface area contributed by atoms with E-state index < -0.39 is 0 Å². The monoisotopic (exact) mass is 109 g/mol. The van der Waals surface area contributed by atoms with Crippen LogP contribution in [0.5, 0.6) is 0 Å². The van der Waals surface area contributed by atoms with Gasteiger partial charge >= 0.3 is 29.6 Å². The Hall–Kier alpha value is 0.340. The van der Waals surface area contributed by atoms with Gasteiger partial charge in [-0.3, -0.25) is 0 Å². The van der Waals surface area contributed by atoms with Crippen LogP contribution in [0.4, 0.5) is 0 Å². The molecule has 0 saturated heterocycles. The first-order valence-electron chi connectivity index (χ1n) is 1.88. The molecule has 1 aliphatic rings. The maximum atomic E-state index is 4.80. The Kier molecular flexibility index (Phi) is 3.52. The number of hydrogen-bond donors (Lipinski definition) is 0. The molecule has 0 aromatic carbocycles. The molecule has 0 bridgehead atoms. The molecule has 0 spiro atoms. The molecule has 0 fully saturated rings. The molecule has 0 aliphatic carbocycles. The fourth-order valence-electron chi connectivity index (χ4n) is 0.351. The van der Waals surface area contributed by atoms with Crippen molar-refractivity contribution >= 4 is 0 Å². The van der Waals surface area contributed by atoms with Gasteiger partial charge in [-0.1, -0.05) is 0 Å². The fourth-order valence-corrected chi connectivity index (χ4v) is 0.351. The van der Waals surface area contributed by atoms with Gasteiger partial charge in [0.25, 0.3) is 0 Å². The summed E-state index contributed by atoms with van der Waals surface area (Å²) in [4.78, 5) is 1.96. The van der Waals surface area contributed by atoms with Crippen molar-refractivity contribution in [2.24, 2.45) is 0 Å². The van der Waals surface area contributed by atoms with Gasteiger partial charge in [0, 0.05) is 13.2 Å². The summed E-state index contributed by atoms with van der Waals surface area (Å²) < 4.78 is 4.80. The van der Waals surface area contributed by atoms with Crippen LogP contribution in [0.15, 0.2) is 12.5 Å². The second-order valence-corrected chi connectivity index (χ2v) is 1.34. The van der Waals surface area contributed by atoms with Crippen LogP contribution in [0.25, 0.3) is 0 Å². The van der Waals surface area contributed by atoms with Gasteiger partial charge in [-0.15, -0.1) is 0 Å². The zero-order valence-electron chi connectivity index (χ0n) is 5.72. The van der Waals surface area contributed by atoms with Crippen molar-refractivity contribution in [2.75, 3.05) is 13.8 Å². The summed E-state index contributed by atoms with van der Waals surface area (Å²) in [5.41, 5.74) is 0. The van der Waals surface area contributed by atoms with E-state index in [1.807, 2.05) is 18.1 Å². The van der Waals surface area contributed by atoms with Gasteiger partial charge in [0.15, 0.2) is 6.73 Å². The minimum absolute atomic E-state index is 0. The van der Waals surface area contributed by atoms with E-state index in [2.05, 4.69) is 0 Å². The molecule has 0 aromatic rings. The number of hydrogen-bond acceptors (Lipinski definition) is 2. The Morgan fingerprint density at radius 3 is 2.71 bits per heavy atom. The van der Waals surface area contributed by atoms with Gasteiger partial charge in [-0.05, 0) is 0 Å². The Balaban J connectivity index is 0. The Morgan fingerprint density at radius 1 is 1.86 bits per heavy atom. The van der Waals surface area contributed by atoms with Gasteiger partial charge in [0.2, 0.25) is 0 Å². The molecule has 1 aliphatic heterocycles. The van der Waals surface area contributed by atoms with E-state index in [1.54, 1.807) is 6.26 Å². The van der Waals surface area contributed by atoms with Crippen LogP contribution in [0.3, 0.4) is 0 Å². The van der Waals surface area contributed by atoms with Crippen LogP contribution in [0.1, 0.15) is 1.43 Å². The predicted molar refractivity (Wildman–Crippen MR) is 24.0 cm³/mol. The van der Waals surface area contributed by atoms with Gasteiger partial charge < -0.3 is 11.1 Å². The van der Waals surface area contributed by atoms with E-state index in [-0.39, 0.29) is 31.0 Å². The van der Waals surface area contributed by atoms with Crippen LogP contribution in [0, 0.1) is 0 Å². The molecule has 0 unspecified atom stereocenters. The topological polar surface area (TPSA) is 12.5 Å². The summed E-state index contributed by atoms with van der Waals surface area (Å²) in [6, 6.07) is 0. The number of ether oxygens (including phenoxy) is 1. The summed E-state index contributed by atoms with van der Waals surface area (Å²) >= 11 is 0. The summed E-state index contributed by atoms with van der Waals surface area (Å²) in [6.07, 6.45) is 3.57. The first-order valence-corrected chi connectivity index (χ1v) is 1.88. The molecule has 0 saturated carbocycles. The quantitative estimate of drug-likeness (QED) is 0.319. The Bertz CT molecular complexity index is 78.4. The predicted octanol–water partition coefficient (Wildman–Crippen LogP) is -2.51. The van der Waals surface area contributed by atoms with Crippen molar-refractivity contribution < 1.29 is 35.7 Å². The molecule has 36 valence electrons. The normalized spacial score (nSPS) is 15.9. The van der Waals surface area contributed by atoms with Crippen molar-refractivity contribution in [1.29, 1.82) is 0 Å². The zero-order chi connectivity index (χ0) is 4.41. The molecule has 7 heavy (non-hydrogen) atoms. The molecule has 0 amide bonds. The van der Waals surface area contributed by atoms with Crippen molar-refractivity contribution in [2.45, 2.75) is 0 Å². The minimum atomic E-state index is 0. The Labute approximate surface area is 66.9 Å². The molecule has 1 heterocycles. The number of nitrogens with zero attached hydrogens (tertiary/aromatic N) is 1. The van der Waals surface area contributed by atoms with Crippen molar-refractivity contribution in [3.8, 4) is 0 Å². The maximum Gasteiger partial charge on any atom is 1.00 e. The van der Waals surface area contributed by atoms with Crippen molar-refractivity contribution in [3.05, 3.63) is 12.5 Å². The molecule has 1 rings (SSSR count). The first-order chi connectivity index (χ1) is 2.89. The second-order valence-electron chi connectivity index (χ2n) is 1.34. The van der Waals surface area contributed by atoms with Gasteiger partial charge in [0.1, 0.15) is 6.26 Å². The third-order valence-corrected chi connectivity index (χ3v) is 0.690.